The number of hydrogen-bond acceptors (Lipinski definition) is 6. The van der Waals surface area contributed by atoms with E-state index < -0.39 is 4.92 Å². The van der Waals surface area contributed by atoms with Crippen LogP contribution >= 0.6 is 11.3 Å². The van der Waals surface area contributed by atoms with Crippen molar-refractivity contribution in [1.82, 2.24) is 5.32 Å². The van der Waals surface area contributed by atoms with E-state index in [4.69, 9.17) is 5.84 Å². The lowest BCUT2D eigenvalue weighted by molar-refractivity contribution is -0.384. The van der Waals surface area contributed by atoms with E-state index in [0.717, 1.165) is 12.0 Å². The van der Waals surface area contributed by atoms with Gasteiger partial charge in [-0.05, 0) is 40.9 Å². The Morgan fingerprint density at radius 2 is 2.19 bits per heavy atom. The second-order valence-corrected chi connectivity index (χ2v) is 5.05. The first-order chi connectivity index (χ1) is 10.1. The van der Waals surface area contributed by atoms with Crippen molar-refractivity contribution in [3.63, 3.8) is 0 Å². The molecule has 7 nitrogen and oxygen atoms in total. The second-order valence-electron chi connectivity index (χ2n) is 4.27. The minimum Gasteiger partial charge on any atom is -0.352 e. The van der Waals surface area contributed by atoms with Crippen LogP contribution in [-0.2, 0) is 6.42 Å². The third kappa shape index (κ3) is 3.77. The Morgan fingerprint density at radius 1 is 1.38 bits per heavy atom. The predicted molar refractivity (Wildman–Crippen MR) is 81.3 cm³/mol. The van der Waals surface area contributed by atoms with Crippen LogP contribution in [-0.4, -0.2) is 17.4 Å². The molecule has 21 heavy (non-hydrogen) atoms. The standard InChI is InChI=1S/C13H14N4O3S/c14-16-11-7-10(1-2-12(11)17(19)20)13(18)15-5-3-9-4-6-21-8-9/h1-2,4,6-8,16H,3,5,14H2,(H,15,18). The van der Waals surface area contributed by atoms with Gasteiger partial charge < -0.3 is 10.7 Å². The van der Waals surface area contributed by atoms with E-state index in [0.29, 0.717) is 12.1 Å². The molecule has 0 atom stereocenters. The van der Waals surface area contributed by atoms with Gasteiger partial charge in [-0.25, -0.2) is 0 Å². The number of anilines is 1. The van der Waals surface area contributed by atoms with Gasteiger partial charge in [-0.15, -0.1) is 0 Å². The molecule has 0 bridgehead atoms. The van der Waals surface area contributed by atoms with Crippen LogP contribution in [0.15, 0.2) is 35.0 Å². The van der Waals surface area contributed by atoms with Crippen LogP contribution in [0.5, 0.6) is 0 Å². The number of rotatable bonds is 6. The zero-order valence-electron chi connectivity index (χ0n) is 11.0. The monoisotopic (exact) mass is 306 g/mol. The summed E-state index contributed by atoms with van der Waals surface area (Å²) in [5.41, 5.74) is 3.64. The fourth-order valence-electron chi connectivity index (χ4n) is 1.81. The van der Waals surface area contributed by atoms with E-state index in [-0.39, 0.29) is 17.3 Å². The molecule has 0 saturated heterocycles. The summed E-state index contributed by atoms with van der Waals surface area (Å²) in [6.45, 7) is 0.498. The van der Waals surface area contributed by atoms with Gasteiger partial charge in [0.25, 0.3) is 11.6 Å². The minimum atomic E-state index is -0.562. The molecular weight excluding hydrogens is 292 g/mol. The number of benzene rings is 1. The van der Waals surface area contributed by atoms with Crippen LogP contribution in [0.1, 0.15) is 15.9 Å². The van der Waals surface area contributed by atoms with Crippen LogP contribution in [0.4, 0.5) is 11.4 Å². The van der Waals surface area contributed by atoms with Crippen LogP contribution < -0.4 is 16.6 Å². The van der Waals surface area contributed by atoms with Crippen molar-refractivity contribution in [3.05, 3.63) is 56.3 Å². The van der Waals surface area contributed by atoms with Gasteiger partial charge in [0.15, 0.2) is 0 Å². The number of hydrazine groups is 1. The quantitative estimate of drug-likeness (QED) is 0.429. The Kier molecular flexibility index (Phi) is 4.85. The number of nitro benzene ring substituents is 1. The van der Waals surface area contributed by atoms with Crippen LogP contribution in [0, 0.1) is 10.1 Å². The van der Waals surface area contributed by atoms with Gasteiger partial charge in [-0.3, -0.25) is 20.8 Å². The zero-order chi connectivity index (χ0) is 15.2. The van der Waals surface area contributed by atoms with Gasteiger partial charge in [0.1, 0.15) is 5.69 Å². The van der Waals surface area contributed by atoms with Crippen molar-refractivity contribution in [2.75, 3.05) is 12.0 Å². The smallest absolute Gasteiger partial charge is 0.293 e. The number of nitrogens with two attached hydrogens (primary N) is 1. The molecule has 1 aromatic heterocycles. The molecule has 1 amide bonds. The average molecular weight is 306 g/mol. The molecule has 0 spiro atoms. The number of nitrogens with zero attached hydrogens (tertiary/aromatic N) is 1. The van der Waals surface area contributed by atoms with Crippen molar-refractivity contribution < 1.29 is 9.72 Å². The molecule has 0 aliphatic heterocycles. The fraction of sp³-hybridized carbons (Fsp3) is 0.154. The van der Waals surface area contributed by atoms with Gasteiger partial charge in [-0.1, -0.05) is 0 Å². The first-order valence-corrected chi connectivity index (χ1v) is 7.10. The summed E-state index contributed by atoms with van der Waals surface area (Å²) < 4.78 is 0. The minimum absolute atomic E-state index is 0.102. The topological polar surface area (TPSA) is 110 Å². The molecular formula is C13H14N4O3S. The van der Waals surface area contributed by atoms with E-state index >= 15 is 0 Å². The lowest BCUT2D eigenvalue weighted by atomic mass is 10.1. The summed E-state index contributed by atoms with van der Waals surface area (Å²) in [4.78, 5) is 22.2. The van der Waals surface area contributed by atoms with Crippen molar-refractivity contribution >= 4 is 28.6 Å². The number of nitro groups is 1. The molecule has 2 rings (SSSR count). The first kappa shape index (κ1) is 14.9. The van der Waals surface area contributed by atoms with Crippen molar-refractivity contribution in [2.45, 2.75) is 6.42 Å². The number of amides is 1. The molecule has 1 aromatic carbocycles. The molecule has 8 heteroatoms. The zero-order valence-corrected chi connectivity index (χ0v) is 11.9. The number of carbonyl (C=O) groups excluding carboxylic acids is 1. The number of thiophene rings is 1. The lowest BCUT2D eigenvalue weighted by Crippen LogP contribution is -2.25. The molecule has 110 valence electrons. The van der Waals surface area contributed by atoms with Crippen LogP contribution in [0.3, 0.4) is 0 Å². The normalized spacial score (nSPS) is 10.1. The van der Waals surface area contributed by atoms with Crippen molar-refractivity contribution in [2.24, 2.45) is 5.84 Å². The molecule has 0 saturated carbocycles. The summed E-state index contributed by atoms with van der Waals surface area (Å²) in [5, 5.41) is 17.5. The number of nitrogens with one attached hydrogen (secondary N) is 2. The van der Waals surface area contributed by atoms with E-state index in [1.807, 2.05) is 16.8 Å². The highest BCUT2D eigenvalue weighted by molar-refractivity contribution is 7.07. The van der Waals surface area contributed by atoms with E-state index in [1.54, 1.807) is 11.3 Å². The van der Waals surface area contributed by atoms with Gasteiger partial charge in [0, 0.05) is 18.2 Å². The van der Waals surface area contributed by atoms with Crippen LogP contribution in [0.25, 0.3) is 0 Å². The third-order valence-electron chi connectivity index (χ3n) is 2.89. The van der Waals surface area contributed by atoms with Crippen molar-refractivity contribution in [1.29, 1.82) is 0 Å². The maximum Gasteiger partial charge on any atom is 0.293 e. The van der Waals surface area contributed by atoms with Gasteiger partial charge in [-0.2, -0.15) is 11.3 Å². The van der Waals surface area contributed by atoms with E-state index in [9.17, 15) is 14.9 Å². The lowest BCUT2D eigenvalue weighted by Gasteiger charge is -2.07. The van der Waals surface area contributed by atoms with Crippen LogP contribution in [0.2, 0.25) is 0 Å². The van der Waals surface area contributed by atoms with Gasteiger partial charge in [0.05, 0.1) is 4.92 Å². The molecule has 0 radical (unpaired) electrons. The highest BCUT2D eigenvalue weighted by Crippen LogP contribution is 2.24. The fourth-order valence-corrected chi connectivity index (χ4v) is 2.51. The summed E-state index contributed by atoms with van der Waals surface area (Å²) in [7, 11) is 0. The molecule has 0 aliphatic carbocycles. The Hall–Kier alpha value is -2.45. The summed E-state index contributed by atoms with van der Waals surface area (Å²) >= 11 is 1.61. The highest BCUT2D eigenvalue weighted by Gasteiger charge is 2.15. The molecule has 0 unspecified atom stereocenters. The van der Waals surface area contributed by atoms with Crippen molar-refractivity contribution in [3.8, 4) is 0 Å². The molecule has 0 aliphatic rings. The molecule has 2 aromatic rings. The van der Waals surface area contributed by atoms with Gasteiger partial charge >= 0.3 is 0 Å². The SMILES string of the molecule is NNc1cc(C(=O)NCCc2ccsc2)ccc1[N+](=O)[O-]. The Labute approximate surface area is 124 Å². The summed E-state index contributed by atoms with van der Waals surface area (Å²) in [5.74, 6) is 4.94. The Morgan fingerprint density at radius 3 is 2.81 bits per heavy atom. The maximum absolute atomic E-state index is 12.0. The summed E-state index contributed by atoms with van der Waals surface area (Å²) in [6, 6.07) is 6.01. The Bertz CT molecular complexity index is 643. The predicted octanol–water partition coefficient (Wildman–Crippen LogP) is 1.91. The first-order valence-electron chi connectivity index (χ1n) is 6.16. The third-order valence-corrected chi connectivity index (χ3v) is 3.62. The average Bonchev–Trinajstić information content (AvgIpc) is 2.99. The second kappa shape index (κ2) is 6.82. The maximum atomic E-state index is 12.0. The number of carbonyl (C=O) groups is 1. The van der Waals surface area contributed by atoms with E-state index in [2.05, 4.69) is 10.7 Å². The molecule has 1 heterocycles. The molecule has 0 fully saturated rings. The molecule has 4 N–H and O–H groups in total. The summed E-state index contributed by atoms with van der Waals surface area (Å²) in [6.07, 6.45) is 0.740. The Balaban J connectivity index is 2.00. The number of hydrogen-bond donors (Lipinski definition) is 3. The van der Waals surface area contributed by atoms with Gasteiger partial charge in [0.2, 0.25) is 0 Å². The largest absolute Gasteiger partial charge is 0.352 e. The van der Waals surface area contributed by atoms with E-state index in [1.165, 1.54) is 18.2 Å². The number of nitrogen functional groups attached to an aromatic ring is 1. The highest BCUT2D eigenvalue weighted by atomic mass is 32.1.